The van der Waals surface area contributed by atoms with Gasteiger partial charge in [-0.2, -0.15) is 0 Å². The van der Waals surface area contributed by atoms with Crippen molar-refractivity contribution in [1.29, 1.82) is 0 Å². The number of nitrogens with zero attached hydrogens (tertiary/aromatic N) is 1. The van der Waals surface area contributed by atoms with Crippen molar-refractivity contribution in [3.8, 4) is 0 Å². The fourth-order valence-electron chi connectivity index (χ4n) is 5.58. The van der Waals surface area contributed by atoms with Gasteiger partial charge in [0.05, 0.1) is 41.4 Å². The van der Waals surface area contributed by atoms with Crippen LogP contribution in [-0.4, -0.2) is 62.7 Å². The van der Waals surface area contributed by atoms with Gasteiger partial charge in [0.15, 0.2) is 4.34 Å². The molecule has 0 aliphatic carbocycles. The number of aliphatic hydroxyl groups excluding tert-OH is 2. The van der Waals surface area contributed by atoms with E-state index in [0.29, 0.717) is 25.7 Å². The number of rotatable bonds is 7. The molecular weight excluding hydrogens is 534 g/mol. The Hall–Kier alpha value is -1.26. The molecule has 1 unspecified atom stereocenters. The number of carbonyl (C=O) groups excluding carboxylic acids is 2. The third-order valence-electron chi connectivity index (χ3n) is 8.39. The quantitative estimate of drug-likeness (QED) is 0.222. The van der Waals surface area contributed by atoms with Crippen molar-refractivity contribution in [3.63, 3.8) is 0 Å². The maximum atomic E-state index is 13.5. The predicted molar refractivity (Wildman–Crippen MR) is 157 cm³/mol. The molecule has 7 atom stereocenters. The second kappa shape index (κ2) is 14.1. The summed E-state index contributed by atoms with van der Waals surface area (Å²) in [5.41, 5.74) is 0.278. The number of epoxide rings is 1. The minimum Gasteiger partial charge on any atom is -0.458 e. The zero-order valence-corrected chi connectivity index (χ0v) is 26.0. The lowest BCUT2D eigenvalue weighted by Gasteiger charge is -2.36. The average molecular weight is 582 g/mol. The van der Waals surface area contributed by atoms with Crippen molar-refractivity contribution in [3.05, 3.63) is 16.6 Å². The van der Waals surface area contributed by atoms with Gasteiger partial charge in [-0.3, -0.25) is 9.59 Å². The normalized spacial score (nSPS) is 35.4. The first-order valence-electron chi connectivity index (χ1n) is 14.5. The first kappa shape index (κ1) is 32.3. The highest BCUT2D eigenvalue weighted by Crippen LogP contribution is 2.45. The van der Waals surface area contributed by atoms with Gasteiger partial charge in [-0.25, -0.2) is 4.98 Å². The smallest absolute Gasteiger partial charge is 0.309 e. The Balaban J connectivity index is 1.84. The third-order valence-corrected chi connectivity index (χ3v) is 10.6. The summed E-state index contributed by atoms with van der Waals surface area (Å²) in [6.45, 7) is 11.6. The number of esters is 1. The summed E-state index contributed by atoms with van der Waals surface area (Å²) in [6, 6.07) is 0. The Morgan fingerprint density at radius 3 is 2.67 bits per heavy atom. The first-order valence-corrected chi connectivity index (χ1v) is 16.3. The molecule has 2 fully saturated rings. The second-order valence-electron chi connectivity index (χ2n) is 11.8. The number of ketones is 1. The molecule has 1 aromatic rings. The van der Waals surface area contributed by atoms with E-state index in [1.165, 1.54) is 0 Å². The number of carbonyl (C=O) groups is 2. The van der Waals surface area contributed by atoms with Crippen LogP contribution in [0.1, 0.15) is 105 Å². The summed E-state index contributed by atoms with van der Waals surface area (Å²) in [5, 5.41) is 24.0. The predicted octanol–water partition coefficient (Wildman–Crippen LogP) is 6.21. The summed E-state index contributed by atoms with van der Waals surface area (Å²) in [5.74, 6) is -0.352. The minimum atomic E-state index is -1.20. The SMILES string of the molecule is CCCSc1nc(/C=C(\C)[C@@H]2C[C@@H]3O[C@]3(C)CCCCC(O)[C@@H](C)C(=O)[C@](C)(CCC)[C@@H](O)CC(=O)O2)cs1. The van der Waals surface area contributed by atoms with E-state index in [0.717, 1.165) is 47.0 Å². The van der Waals surface area contributed by atoms with Crippen molar-refractivity contribution in [2.45, 2.75) is 134 Å². The minimum absolute atomic E-state index is 0.0432. The molecule has 0 bridgehead atoms. The Morgan fingerprint density at radius 2 is 1.97 bits per heavy atom. The lowest BCUT2D eigenvalue weighted by Crippen LogP contribution is -2.46. The molecule has 1 aromatic heterocycles. The van der Waals surface area contributed by atoms with Crippen LogP contribution in [0, 0.1) is 11.3 Å². The van der Waals surface area contributed by atoms with Crippen molar-refractivity contribution in [2.24, 2.45) is 11.3 Å². The van der Waals surface area contributed by atoms with Gasteiger partial charge >= 0.3 is 5.97 Å². The van der Waals surface area contributed by atoms with E-state index < -0.39 is 35.6 Å². The van der Waals surface area contributed by atoms with E-state index in [1.807, 2.05) is 25.3 Å². The molecule has 2 aliphatic rings. The van der Waals surface area contributed by atoms with Crippen LogP contribution in [0.4, 0.5) is 0 Å². The van der Waals surface area contributed by atoms with Gasteiger partial charge in [-0.1, -0.05) is 58.7 Å². The van der Waals surface area contributed by atoms with Crippen LogP contribution in [-0.2, 0) is 19.1 Å². The van der Waals surface area contributed by atoms with Crippen molar-refractivity contribution in [1.82, 2.24) is 4.98 Å². The van der Waals surface area contributed by atoms with Crippen LogP contribution in [0.5, 0.6) is 0 Å². The van der Waals surface area contributed by atoms with E-state index >= 15 is 0 Å². The van der Waals surface area contributed by atoms with Crippen LogP contribution in [0.3, 0.4) is 0 Å². The number of thioether (sulfide) groups is 1. The van der Waals surface area contributed by atoms with Gasteiger partial charge in [0.2, 0.25) is 0 Å². The number of ether oxygens (including phenoxy) is 2. The summed E-state index contributed by atoms with van der Waals surface area (Å²) in [7, 11) is 0. The third kappa shape index (κ3) is 8.38. The zero-order chi connectivity index (χ0) is 28.8. The molecule has 39 heavy (non-hydrogen) atoms. The molecule has 0 radical (unpaired) electrons. The van der Waals surface area contributed by atoms with E-state index in [-0.39, 0.29) is 23.9 Å². The van der Waals surface area contributed by atoms with Gasteiger partial charge in [-0.05, 0) is 51.2 Å². The Labute approximate surface area is 242 Å². The summed E-state index contributed by atoms with van der Waals surface area (Å²) >= 11 is 3.35. The monoisotopic (exact) mass is 581 g/mol. The highest BCUT2D eigenvalue weighted by atomic mass is 32.2. The van der Waals surface area contributed by atoms with E-state index in [4.69, 9.17) is 14.5 Å². The largest absolute Gasteiger partial charge is 0.458 e. The number of cyclic esters (lactones) is 1. The van der Waals surface area contributed by atoms with Crippen LogP contribution in [0.2, 0.25) is 0 Å². The molecule has 0 aromatic carbocycles. The number of aliphatic hydroxyl groups is 2. The van der Waals surface area contributed by atoms with E-state index in [1.54, 1.807) is 36.9 Å². The summed E-state index contributed by atoms with van der Waals surface area (Å²) in [4.78, 5) is 31.4. The van der Waals surface area contributed by atoms with Crippen LogP contribution < -0.4 is 0 Å². The molecule has 9 heteroatoms. The molecule has 0 spiro atoms. The average Bonchev–Trinajstić information content (AvgIpc) is 3.30. The molecule has 0 amide bonds. The van der Waals surface area contributed by atoms with Gasteiger partial charge in [0, 0.05) is 23.5 Å². The van der Waals surface area contributed by atoms with Crippen molar-refractivity contribution in [2.75, 3.05) is 5.75 Å². The summed E-state index contributed by atoms with van der Waals surface area (Å²) in [6.07, 6.45) is 4.85. The number of Topliss-reactive ketones (excluding diaryl/α,β-unsaturated/α-hetero) is 1. The molecule has 2 aliphatic heterocycles. The zero-order valence-electron chi connectivity index (χ0n) is 24.4. The van der Waals surface area contributed by atoms with Gasteiger partial charge < -0.3 is 19.7 Å². The number of hydrogen-bond donors (Lipinski definition) is 2. The molecule has 220 valence electrons. The lowest BCUT2D eigenvalue weighted by molar-refractivity contribution is -0.155. The van der Waals surface area contributed by atoms with Crippen molar-refractivity contribution < 1.29 is 29.3 Å². The Kier molecular flexibility index (Phi) is 11.6. The van der Waals surface area contributed by atoms with Crippen molar-refractivity contribution >= 4 is 40.9 Å². The standard InChI is InChI=1S/C30H47NO6S2/c1-7-12-29(5)24(33)17-26(34)36-23(19(3)15-21-18-39-28(31-21)38-14-8-2)16-25-30(6,37-25)13-10-9-11-22(32)20(4)27(29)35/h15,18,20,22-25,32-33H,7-14,16-17H2,1-6H3/b19-15+/t20-,22?,23+,24+,25+,29-,30-/m1/s1. The molecule has 0 saturated carbocycles. The Bertz CT molecular complexity index is 1010. The fraction of sp³-hybridized carbons (Fsp3) is 0.767. The van der Waals surface area contributed by atoms with Crippen LogP contribution >= 0.6 is 23.1 Å². The number of fused-ring (bicyclic) bond motifs is 1. The van der Waals surface area contributed by atoms with Crippen LogP contribution in [0.15, 0.2) is 15.3 Å². The van der Waals surface area contributed by atoms with E-state index in [9.17, 15) is 19.8 Å². The maximum absolute atomic E-state index is 13.5. The fourth-order valence-corrected chi connectivity index (χ4v) is 7.30. The molecule has 2 saturated heterocycles. The maximum Gasteiger partial charge on any atom is 0.309 e. The number of aromatic nitrogens is 1. The van der Waals surface area contributed by atoms with Gasteiger partial charge in [0.1, 0.15) is 11.9 Å². The van der Waals surface area contributed by atoms with Gasteiger partial charge in [-0.15, -0.1) is 11.3 Å². The molecule has 2 N–H and O–H groups in total. The highest BCUT2D eigenvalue weighted by Gasteiger charge is 2.53. The lowest BCUT2D eigenvalue weighted by atomic mass is 9.70. The second-order valence-corrected chi connectivity index (χ2v) is 14.0. The molecule has 3 heterocycles. The number of thiazole rings is 1. The molecule has 3 rings (SSSR count). The summed E-state index contributed by atoms with van der Waals surface area (Å²) < 4.78 is 13.1. The molecular formula is C30H47NO6S2. The first-order chi connectivity index (χ1) is 18.4. The molecule has 7 nitrogen and oxygen atoms in total. The topological polar surface area (TPSA) is 109 Å². The highest BCUT2D eigenvalue weighted by molar-refractivity contribution is 8.01. The van der Waals surface area contributed by atoms with Crippen LogP contribution in [0.25, 0.3) is 6.08 Å². The number of hydrogen-bond acceptors (Lipinski definition) is 9. The Morgan fingerprint density at radius 1 is 1.23 bits per heavy atom. The van der Waals surface area contributed by atoms with E-state index in [2.05, 4.69) is 13.8 Å². The van der Waals surface area contributed by atoms with Gasteiger partial charge in [0.25, 0.3) is 0 Å².